The van der Waals surface area contributed by atoms with Crippen molar-refractivity contribution in [3.8, 4) is 0 Å². The molecule has 0 aliphatic carbocycles. The van der Waals surface area contributed by atoms with E-state index in [0.29, 0.717) is 35.5 Å². The number of nitrogens with one attached hydrogen (secondary N) is 2. The van der Waals surface area contributed by atoms with E-state index in [4.69, 9.17) is 16.3 Å². The Morgan fingerprint density at radius 2 is 2.14 bits per heavy atom. The topological polar surface area (TPSA) is 120 Å². The van der Waals surface area contributed by atoms with Crippen molar-refractivity contribution in [2.75, 3.05) is 25.1 Å². The van der Waals surface area contributed by atoms with Crippen LogP contribution in [0, 0.1) is 6.92 Å². The highest BCUT2D eigenvalue weighted by atomic mass is 35.5. The molecular weight excluding hydrogens is 418 g/mol. The molecule has 0 aromatic carbocycles. The summed E-state index contributed by atoms with van der Waals surface area (Å²) in [6.45, 7) is 6.72. The van der Waals surface area contributed by atoms with Gasteiger partial charge in [0.25, 0.3) is 5.91 Å². The van der Waals surface area contributed by atoms with Crippen LogP contribution < -0.4 is 10.2 Å². The number of hydrogen-bond acceptors (Lipinski definition) is 7. The quantitative estimate of drug-likeness (QED) is 0.630. The minimum absolute atomic E-state index is 0.129. The van der Waals surface area contributed by atoms with Crippen molar-refractivity contribution in [2.45, 2.75) is 45.3 Å². The number of rotatable bonds is 6. The number of H-pyrrole nitrogens is 1. The van der Waals surface area contributed by atoms with E-state index >= 15 is 0 Å². The van der Waals surface area contributed by atoms with Crippen molar-refractivity contribution in [3.05, 3.63) is 27.2 Å². The van der Waals surface area contributed by atoms with Crippen LogP contribution in [0.2, 0.25) is 5.15 Å². The maximum absolute atomic E-state index is 12.6. The third kappa shape index (κ3) is 4.54. The number of carboxylic acid groups (broad SMARTS) is 1. The van der Waals surface area contributed by atoms with Gasteiger partial charge in [0, 0.05) is 20.2 Å². The molecule has 1 amide bonds. The number of thiazole rings is 1. The monoisotopic (exact) mass is 441 g/mol. The summed E-state index contributed by atoms with van der Waals surface area (Å²) in [4.78, 5) is 37.6. The van der Waals surface area contributed by atoms with Crippen LogP contribution in [-0.2, 0) is 4.74 Å². The average molecular weight is 442 g/mol. The van der Waals surface area contributed by atoms with Gasteiger partial charge in [-0.05, 0) is 19.3 Å². The lowest BCUT2D eigenvalue weighted by atomic mass is 10.0. The number of ether oxygens (including phenoxy) is 1. The number of anilines is 1. The molecule has 29 heavy (non-hydrogen) atoms. The Kier molecular flexibility index (Phi) is 6.45. The number of imidazole rings is 1. The third-order valence-corrected chi connectivity index (χ3v) is 6.40. The van der Waals surface area contributed by atoms with Crippen molar-refractivity contribution in [2.24, 2.45) is 0 Å². The fourth-order valence-corrected chi connectivity index (χ4v) is 4.59. The van der Waals surface area contributed by atoms with Gasteiger partial charge in [0.2, 0.25) is 0 Å². The molecule has 2 atom stereocenters. The lowest BCUT2D eigenvalue weighted by Crippen LogP contribution is -2.55. The summed E-state index contributed by atoms with van der Waals surface area (Å²) in [7, 11) is 1.59. The predicted octanol–water partition coefficient (Wildman–Crippen LogP) is 2.67. The van der Waals surface area contributed by atoms with E-state index in [-0.39, 0.29) is 34.7 Å². The zero-order valence-electron chi connectivity index (χ0n) is 16.7. The number of aromatic amines is 1. The summed E-state index contributed by atoms with van der Waals surface area (Å²) in [5.41, 5.74) is 1.22. The summed E-state index contributed by atoms with van der Waals surface area (Å²) in [6, 6.07) is -0.213. The lowest BCUT2D eigenvalue weighted by molar-refractivity contribution is 0.0538. The second-order valence-corrected chi connectivity index (χ2v) is 8.59. The molecule has 2 aromatic heterocycles. The number of methoxy groups -OCH3 is 1. The van der Waals surface area contributed by atoms with Crippen LogP contribution in [0.25, 0.3) is 0 Å². The van der Waals surface area contributed by atoms with Gasteiger partial charge in [0.05, 0.1) is 23.5 Å². The van der Waals surface area contributed by atoms with Gasteiger partial charge >= 0.3 is 5.97 Å². The largest absolute Gasteiger partial charge is 0.477 e. The molecule has 11 heteroatoms. The standard InChI is InChI=1S/C18H24ClN5O4S/c1-8(2)12-14(19)23-15(22-12)16(25)21-10-5-6-24(7-11(10)28-4)18-20-9(3)13(29-18)17(26)27/h8,10-11H,5-7H2,1-4H3,(H,21,25)(H,22,23)(H,26,27). The molecule has 2 unspecified atom stereocenters. The van der Waals surface area contributed by atoms with Gasteiger partial charge in [-0.2, -0.15) is 0 Å². The molecule has 0 spiro atoms. The number of aryl methyl sites for hydroxylation is 1. The van der Waals surface area contributed by atoms with E-state index in [9.17, 15) is 14.7 Å². The molecule has 1 aliphatic rings. The van der Waals surface area contributed by atoms with Crippen LogP contribution in [0.15, 0.2) is 0 Å². The van der Waals surface area contributed by atoms with Crippen LogP contribution in [-0.4, -0.2) is 64.3 Å². The van der Waals surface area contributed by atoms with Gasteiger partial charge in [0.1, 0.15) is 4.88 Å². The van der Waals surface area contributed by atoms with Crippen LogP contribution in [0.1, 0.15) is 57.9 Å². The summed E-state index contributed by atoms with van der Waals surface area (Å²) in [5.74, 6) is -1.01. The molecule has 3 rings (SSSR count). The van der Waals surface area contributed by atoms with E-state index in [1.807, 2.05) is 18.7 Å². The Morgan fingerprint density at radius 3 is 2.69 bits per heavy atom. The number of nitrogens with zero attached hydrogens (tertiary/aromatic N) is 3. The molecule has 1 fully saturated rings. The summed E-state index contributed by atoms with van der Waals surface area (Å²) in [6.07, 6.45) is 0.344. The smallest absolute Gasteiger partial charge is 0.347 e. The van der Waals surface area contributed by atoms with Crippen LogP contribution in [0.3, 0.4) is 0 Å². The lowest BCUT2D eigenvalue weighted by Gasteiger charge is -2.37. The van der Waals surface area contributed by atoms with Crippen molar-refractivity contribution in [1.29, 1.82) is 0 Å². The van der Waals surface area contributed by atoms with Gasteiger partial charge < -0.3 is 25.0 Å². The molecule has 2 aromatic rings. The first kappa shape index (κ1) is 21.5. The third-order valence-electron chi connectivity index (χ3n) is 4.91. The van der Waals surface area contributed by atoms with Gasteiger partial charge in [-0.15, -0.1) is 0 Å². The van der Waals surface area contributed by atoms with Crippen LogP contribution >= 0.6 is 22.9 Å². The molecule has 3 heterocycles. The zero-order valence-corrected chi connectivity index (χ0v) is 18.2. The molecule has 158 valence electrons. The number of piperidine rings is 1. The van der Waals surface area contributed by atoms with E-state index < -0.39 is 5.97 Å². The first-order valence-electron chi connectivity index (χ1n) is 9.26. The van der Waals surface area contributed by atoms with E-state index in [0.717, 1.165) is 17.0 Å². The Balaban J connectivity index is 1.68. The highest BCUT2D eigenvalue weighted by Gasteiger charge is 2.33. The van der Waals surface area contributed by atoms with Crippen LogP contribution in [0.5, 0.6) is 0 Å². The highest BCUT2D eigenvalue weighted by Crippen LogP contribution is 2.29. The Labute approximate surface area is 177 Å². The predicted molar refractivity (Wildman–Crippen MR) is 110 cm³/mol. The number of halogens is 1. The van der Waals surface area contributed by atoms with Crippen molar-refractivity contribution in [1.82, 2.24) is 20.3 Å². The first-order valence-corrected chi connectivity index (χ1v) is 10.4. The maximum atomic E-state index is 12.6. The summed E-state index contributed by atoms with van der Waals surface area (Å²) < 4.78 is 5.59. The number of carbonyl (C=O) groups is 2. The average Bonchev–Trinajstić information content (AvgIpc) is 3.25. The Hall–Kier alpha value is -2.17. The van der Waals surface area contributed by atoms with Crippen LogP contribution in [0.4, 0.5) is 5.13 Å². The van der Waals surface area contributed by atoms with Crippen molar-refractivity contribution in [3.63, 3.8) is 0 Å². The number of amides is 1. The fraction of sp³-hybridized carbons (Fsp3) is 0.556. The van der Waals surface area contributed by atoms with E-state index in [1.54, 1.807) is 14.0 Å². The molecule has 1 saturated heterocycles. The van der Waals surface area contributed by atoms with E-state index in [1.165, 1.54) is 0 Å². The SMILES string of the molecule is COC1CN(c2nc(C)c(C(=O)O)s2)CCC1NC(=O)c1nc(Cl)c(C(C)C)[nH]1. The molecule has 3 N–H and O–H groups in total. The Bertz CT molecular complexity index is 912. The Morgan fingerprint density at radius 1 is 1.41 bits per heavy atom. The molecule has 0 saturated carbocycles. The molecule has 0 bridgehead atoms. The second kappa shape index (κ2) is 8.68. The molecule has 9 nitrogen and oxygen atoms in total. The van der Waals surface area contributed by atoms with Crippen molar-refractivity contribution >= 4 is 39.9 Å². The number of hydrogen-bond donors (Lipinski definition) is 3. The normalized spacial score (nSPS) is 19.6. The number of aromatic nitrogens is 3. The summed E-state index contributed by atoms with van der Waals surface area (Å²) in [5, 5.41) is 13.2. The van der Waals surface area contributed by atoms with Gasteiger partial charge in [-0.3, -0.25) is 4.79 Å². The maximum Gasteiger partial charge on any atom is 0.347 e. The molecule has 0 radical (unpaired) electrons. The minimum Gasteiger partial charge on any atom is -0.477 e. The van der Waals surface area contributed by atoms with E-state index in [2.05, 4.69) is 20.3 Å². The van der Waals surface area contributed by atoms with Gasteiger partial charge in [-0.25, -0.2) is 14.8 Å². The van der Waals surface area contributed by atoms with Gasteiger partial charge in [0.15, 0.2) is 16.1 Å². The summed E-state index contributed by atoms with van der Waals surface area (Å²) >= 11 is 7.25. The number of aromatic carboxylic acids is 1. The molecular formula is C18H24ClN5O4S. The zero-order chi connectivity index (χ0) is 21.3. The number of carbonyl (C=O) groups excluding carboxylic acids is 1. The minimum atomic E-state index is -0.977. The fourth-order valence-electron chi connectivity index (χ4n) is 3.30. The van der Waals surface area contributed by atoms with Crippen molar-refractivity contribution < 1.29 is 19.4 Å². The second-order valence-electron chi connectivity index (χ2n) is 7.25. The highest BCUT2D eigenvalue weighted by molar-refractivity contribution is 7.17. The number of carboxylic acids is 1. The first-order chi connectivity index (χ1) is 13.7. The van der Waals surface area contributed by atoms with Gasteiger partial charge in [-0.1, -0.05) is 36.8 Å². The molecule has 1 aliphatic heterocycles.